The molecule has 0 aromatic carbocycles. The lowest BCUT2D eigenvalue weighted by Crippen LogP contribution is -2.54. The summed E-state index contributed by atoms with van der Waals surface area (Å²) in [5.74, 6) is -0.0199. The van der Waals surface area contributed by atoms with Crippen LogP contribution in [0.1, 0.15) is 25.7 Å². The van der Waals surface area contributed by atoms with E-state index in [1.807, 2.05) is 11.9 Å². The number of cyclic esters (lactones) is 1. The maximum atomic E-state index is 12.3. The number of methoxy groups -OCH3 is 1. The van der Waals surface area contributed by atoms with Crippen molar-refractivity contribution in [2.45, 2.75) is 38.0 Å². The first-order valence-corrected chi connectivity index (χ1v) is 11.7. The molecule has 0 aliphatic carbocycles. The first-order valence-electron chi connectivity index (χ1n) is 11.7. The van der Waals surface area contributed by atoms with Crippen LogP contribution < -0.4 is 5.73 Å². The number of nitrogens with one attached hydrogen (secondary N) is 1. The zero-order chi connectivity index (χ0) is 23.1. The van der Waals surface area contributed by atoms with Crippen LogP contribution in [0.4, 0.5) is 4.79 Å². The molecule has 3 saturated heterocycles. The molecule has 3 aliphatic rings. The second kappa shape index (κ2) is 11.7. The van der Waals surface area contributed by atoms with Gasteiger partial charge in [-0.15, -0.1) is 0 Å². The Morgan fingerprint density at radius 3 is 2.31 bits per heavy atom. The van der Waals surface area contributed by atoms with Crippen LogP contribution >= 0.6 is 0 Å². The summed E-state index contributed by atoms with van der Waals surface area (Å²) < 4.78 is 10.5. The molecule has 3 fully saturated rings. The number of nitrogens with two attached hydrogens (primary N) is 1. The zero-order valence-electron chi connectivity index (χ0n) is 19.5. The predicted octanol–water partition coefficient (Wildman–Crippen LogP) is -0.375. The van der Waals surface area contributed by atoms with Crippen LogP contribution in [0, 0.1) is 5.41 Å². The Hall–Kier alpha value is -2.11. The second-order valence-corrected chi connectivity index (χ2v) is 8.87. The highest BCUT2D eigenvalue weighted by molar-refractivity contribution is 5.74. The molecule has 3 rings (SSSR count). The second-order valence-electron chi connectivity index (χ2n) is 8.87. The molecule has 3 heterocycles. The molecule has 11 heteroatoms. The standard InChI is InChI=1S/C21H39N7O4/c1-24-17(5-3-4-7-25-11-15-28(16-12-25)20(22)23)19(32-21(24)30)27-13-9-26(10-14-27)8-6-18(29)31-2/h17,19H,3-16H2,1-2H3,(H3,22,23). The molecule has 2 unspecified atom stereocenters. The summed E-state index contributed by atoms with van der Waals surface area (Å²) >= 11 is 0. The Bertz CT molecular complexity index is 648. The van der Waals surface area contributed by atoms with E-state index in [4.69, 9.17) is 20.6 Å². The minimum atomic E-state index is -0.242. The number of carbonyl (C=O) groups is 2. The van der Waals surface area contributed by atoms with Crippen molar-refractivity contribution in [3.05, 3.63) is 0 Å². The van der Waals surface area contributed by atoms with Crippen molar-refractivity contribution >= 4 is 18.0 Å². The molecule has 0 bridgehead atoms. The topological polar surface area (TPSA) is 119 Å². The van der Waals surface area contributed by atoms with Gasteiger partial charge in [0.25, 0.3) is 0 Å². The predicted molar refractivity (Wildman–Crippen MR) is 120 cm³/mol. The van der Waals surface area contributed by atoms with Gasteiger partial charge in [-0.05, 0) is 25.8 Å². The van der Waals surface area contributed by atoms with E-state index in [0.29, 0.717) is 13.0 Å². The van der Waals surface area contributed by atoms with Crippen molar-refractivity contribution in [3.8, 4) is 0 Å². The maximum Gasteiger partial charge on any atom is 0.411 e. The van der Waals surface area contributed by atoms with Crippen molar-refractivity contribution < 1.29 is 19.1 Å². The molecule has 3 N–H and O–H groups in total. The van der Waals surface area contributed by atoms with E-state index in [-0.39, 0.29) is 30.3 Å². The zero-order valence-corrected chi connectivity index (χ0v) is 19.5. The van der Waals surface area contributed by atoms with E-state index in [9.17, 15) is 9.59 Å². The Morgan fingerprint density at radius 2 is 1.69 bits per heavy atom. The number of guanidine groups is 1. The van der Waals surface area contributed by atoms with Gasteiger partial charge in [0.15, 0.2) is 12.2 Å². The molecule has 2 atom stereocenters. The summed E-state index contributed by atoms with van der Waals surface area (Å²) in [5, 5.41) is 7.53. The van der Waals surface area contributed by atoms with Crippen molar-refractivity contribution in [2.24, 2.45) is 5.73 Å². The van der Waals surface area contributed by atoms with Crippen molar-refractivity contribution in [2.75, 3.05) is 79.6 Å². The lowest BCUT2D eigenvalue weighted by molar-refractivity contribution is -0.141. The monoisotopic (exact) mass is 453 g/mol. The number of ether oxygens (including phenoxy) is 2. The Kier molecular flexibility index (Phi) is 8.94. The molecule has 1 amide bonds. The third-order valence-corrected chi connectivity index (χ3v) is 6.90. The van der Waals surface area contributed by atoms with Gasteiger partial charge in [0.2, 0.25) is 0 Å². The molecular weight excluding hydrogens is 414 g/mol. The molecule has 32 heavy (non-hydrogen) atoms. The quantitative estimate of drug-likeness (QED) is 0.208. The SMILES string of the molecule is COC(=O)CCN1CCN(C2OC(=O)N(C)C2CCCCN2CCN(C(=N)N)CC2)CC1. The third-order valence-electron chi connectivity index (χ3n) is 6.90. The van der Waals surface area contributed by atoms with E-state index < -0.39 is 0 Å². The number of nitrogens with zero attached hydrogens (tertiary/aromatic N) is 5. The van der Waals surface area contributed by atoms with Crippen LogP contribution in [-0.2, 0) is 14.3 Å². The van der Waals surface area contributed by atoms with Crippen molar-refractivity contribution in [1.29, 1.82) is 5.41 Å². The summed E-state index contributed by atoms with van der Waals surface area (Å²) in [7, 11) is 3.25. The fraction of sp³-hybridized carbons (Fsp3) is 0.857. The van der Waals surface area contributed by atoms with Crippen LogP contribution in [0.5, 0.6) is 0 Å². The number of likely N-dealkylation sites (N-methyl/N-ethyl adjacent to an activating group) is 1. The van der Waals surface area contributed by atoms with Gasteiger partial charge in [-0.25, -0.2) is 4.79 Å². The number of esters is 1. The van der Waals surface area contributed by atoms with E-state index in [1.165, 1.54) is 7.11 Å². The molecule has 0 saturated carbocycles. The Balaban J connectivity index is 1.39. The van der Waals surface area contributed by atoms with Gasteiger partial charge in [0.1, 0.15) is 0 Å². The number of piperazine rings is 2. The fourth-order valence-electron chi connectivity index (χ4n) is 4.74. The fourth-order valence-corrected chi connectivity index (χ4v) is 4.74. The van der Waals surface area contributed by atoms with Gasteiger partial charge in [-0.3, -0.25) is 20.0 Å². The number of amides is 1. The molecule has 0 aromatic heterocycles. The molecular formula is C21H39N7O4. The first-order chi connectivity index (χ1) is 15.4. The average molecular weight is 454 g/mol. The van der Waals surface area contributed by atoms with Gasteiger partial charge in [0, 0.05) is 66.0 Å². The first kappa shape index (κ1) is 24.5. The van der Waals surface area contributed by atoms with Crippen LogP contribution in [0.2, 0.25) is 0 Å². The van der Waals surface area contributed by atoms with E-state index in [0.717, 1.165) is 78.2 Å². The summed E-state index contributed by atoms with van der Waals surface area (Å²) in [6.07, 6.45) is 3.00. The summed E-state index contributed by atoms with van der Waals surface area (Å²) in [6.45, 7) is 8.60. The summed E-state index contributed by atoms with van der Waals surface area (Å²) in [4.78, 5) is 34.2. The Morgan fingerprint density at radius 1 is 1.06 bits per heavy atom. The number of rotatable bonds is 9. The van der Waals surface area contributed by atoms with E-state index >= 15 is 0 Å². The van der Waals surface area contributed by atoms with Gasteiger partial charge in [-0.2, -0.15) is 0 Å². The normalized spacial score (nSPS) is 25.8. The summed E-state index contributed by atoms with van der Waals surface area (Å²) in [6, 6.07) is 0.0682. The van der Waals surface area contributed by atoms with Gasteiger partial charge in [0.05, 0.1) is 19.6 Å². The van der Waals surface area contributed by atoms with Crippen LogP contribution in [-0.4, -0.2) is 134 Å². The minimum Gasteiger partial charge on any atom is -0.469 e. The largest absolute Gasteiger partial charge is 0.469 e. The molecule has 0 radical (unpaired) electrons. The van der Waals surface area contributed by atoms with Crippen molar-refractivity contribution in [3.63, 3.8) is 0 Å². The molecule has 182 valence electrons. The molecule has 11 nitrogen and oxygen atoms in total. The van der Waals surface area contributed by atoms with E-state index in [2.05, 4.69) is 14.7 Å². The lowest BCUT2D eigenvalue weighted by Gasteiger charge is -2.38. The minimum absolute atomic E-state index is 0.0682. The number of carbonyl (C=O) groups excluding carboxylic acids is 2. The van der Waals surface area contributed by atoms with E-state index in [1.54, 1.807) is 4.90 Å². The summed E-state index contributed by atoms with van der Waals surface area (Å²) in [5.41, 5.74) is 5.56. The molecule has 0 aromatic rings. The van der Waals surface area contributed by atoms with Crippen LogP contribution in [0.15, 0.2) is 0 Å². The van der Waals surface area contributed by atoms with Gasteiger partial charge in [-0.1, -0.05) is 0 Å². The number of unbranched alkanes of at least 4 members (excludes halogenated alkanes) is 1. The molecule has 0 spiro atoms. The Labute approximate surface area is 190 Å². The van der Waals surface area contributed by atoms with Crippen LogP contribution in [0.25, 0.3) is 0 Å². The highest BCUT2D eigenvalue weighted by Crippen LogP contribution is 2.26. The highest BCUT2D eigenvalue weighted by atomic mass is 16.6. The average Bonchev–Trinajstić information content (AvgIpc) is 3.09. The molecule has 3 aliphatic heterocycles. The van der Waals surface area contributed by atoms with Crippen LogP contribution in [0.3, 0.4) is 0 Å². The lowest BCUT2D eigenvalue weighted by atomic mass is 10.1. The number of hydrogen-bond donors (Lipinski definition) is 2. The maximum absolute atomic E-state index is 12.3. The third kappa shape index (κ3) is 6.46. The highest BCUT2D eigenvalue weighted by Gasteiger charge is 2.43. The smallest absolute Gasteiger partial charge is 0.411 e. The van der Waals surface area contributed by atoms with Crippen molar-refractivity contribution in [1.82, 2.24) is 24.5 Å². The van der Waals surface area contributed by atoms with Gasteiger partial charge < -0.3 is 29.9 Å². The number of hydrogen-bond acceptors (Lipinski definition) is 8. The van der Waals surface area contributed by atoms with Gasteiger partial charge >= 0.3 is 12.1 Å².